The Labute approximate surface area is 189 Å². The van der Waals surface area contributed by atoms with Gasteiger partial charge in [-0.1, -0.05) is 31.7 Å². The van der Waals surface area contributed by atoms with Crippen LogP contribution in [0, 0.1) is 12.8 Å². The summed E-state index contributed by atoms with van der Waals surface area (Å²) < 4.78 is 2.20. The fraction of sp³-hybridized carbons (Fsp3) is 0.519. The Balaban J connectivity index is 1.28. The SMILES string of the molecule is Cc1nc2cnccc2n1-c1ccc2c(c1)CC(C(=O)N(C1CCCC1)C1CCCC1)C2. The first-order valence-corrected chi connectivity index (χ1v) is 12.4. The Bertz CT molecular complexity index is 1140. The van der Waals surface area contributed by atoms with Gasteiger partial charge in [-0.2, -0.15) is 0 Å². The van der Waals surface area contributed by atoms with Crippen LogP contribution in [-0.2, 0) is 17.6 Å². The van der Waals surface area contributed by atoms with E-state index < -0.39 is 0 Å². The summed E-state index contributed by atoms with van der Waals surface area (Å²) in [5, 5.41) is 0. The standard InChI is InChI=1S/C27H32N4O/c1-18-29-25-17-28-13-12-26(25)30(18)24-11-10-19-14-21(15-20(19)16-24)27(32)31(22-6-2-3-7-22)23-8-4-5-9-23/h10-13,16-17,21-23H,2-9,14-15H2,1H3. The molecule has 1 amide bonds. The number of fused-ring (bicyclic) bond motifs is 2. The second kappa shape index (κ2) is 8.02. The van der Waals surface area contributed by atoms with E-state index in [1.807, 2.05) is 25.4 Å². The normalized spacial score (nSPS) is 21.5. The van der Waals surface area contributed by atoms with Crippen molar-refractivity contribution < 1.29 is 4.79 Å². The van der Waals surface area contributed by atoms with E-state index in [-0.39, 0.29) is 5.92 Å². The summed E-state index contributed by atoms with van der Waals surface area (Å²) in [6.07, 6.45) is 15.3. The molecular formula is C27H32N4O. The molecule has 1 unspecified atom stereocenters. The van der Waals surface area contributed by atoms with Crippen molar-refractivity contribution in [2.45, 2.75) is 83.2 Å². The van der Waals surface area contributed by atoms with Crippen molar-refractivity contribution in [2.24, 2.45) is 5.92 Å². The highest BCUT2D eigenvalue weighted by Crippen LogP contribution is 2.36. The molecule has 3 aromatic rings. The summed E-state index contributed by atoms with van der Waals surface area (Å²) in [5.41, 5.74) is 5.80. The van der Waals surface area contributed by atoms with Crippen molar-refractivity contribution in [3.8, 4) is 5.69 Å². The number of pyridine rings is 1. The summed E-state index contributed by atoms with van der Waals surface area (Å²) in [6, 6.07) is 9.70. The Kier molecular flexibility index (Phi) is 5.00. The lowest BCUT2D eigenvalue weighted by atomic mass is 10.00. The number of aryl methyl sites for hydroxylation is 1. The van der Waals surface area contributed by atoms with Gasteiger partial charge in [0.2, 0.25) is 5.91 Å². The Morgan fingerprint density at radius 2 is 1.66 bits per heavy atom. The quantitative estimate of drug-likeness (QED) is 0.577. The van der Waals surface area contributed by atoms with Gasteiger partial charge in [-0.3, -0.25) is 14.3 Å². The third kappa shape index (κ3) is 3.33. The minimum absolute atomic E-state index is 0.103. The molecule has 2 fully saturated rings. The largest absolute Gasteiger partial charge is 0.336 e. The number of aromatic nitrogens is 3. The van der Waals surface area contributed by atoms with E-state index in [9.17, 15) is 4.79 Å². The highest BCUT2D eigenvalue weighted by atomic mass is 16.2. The topological polar surface area (TPSA) is 51.0 Å². The van der Waals surface area contributed by atoms with Crippen LogP contribution in [0.5, 0.6) is 0 Å². The molecule has 0 bridgehead atoms. The number of nitrogens with zero attached hydrogens (tertiary/aromatic N) is 4. The molecule has 3 aliphatic rings. The van der Waals surface area contributed by atoms with Crippen molar-refractivity contribution in [2.75, 3.05) is 0 Å². The molecule has 1 aromatic carbocycles. The molecule has 2 saturated carbocycles. The van der Waals surface area contributed by atoms with Gasteiger partial charge in [0.25, 0.3) is 0 Å². The number of carbonyl (C=O) groups is 1. The third-order valence-corrected chi connectivity index (χ3v) is 8.05. The predicted octanol–water partition coefficient (Wildman–Crippen LogP) is 5.16. The number of rotatable bonds is 4. The van der Waals surface area contributed by atoms with Gasteiger partial charge in [0.15, 0.2) is 0 Å². The monoisotopic (exact) mass is 428 g/mol. The lowest BCUT2D eigenvalue weighted by molar-refractivity contribution is -0.140. The zero-order valence-corrected chi connectivity index (χ0v) is 19.0. The van der Waals surface area contributed by atoms with Crippen molar-refractivity contribution in [3.63, 3.8) is 0 Å². The zero-order valence-electron chi connectivity index (χ0n) is 19.0. The van der Waals surface area contributed by atoms with Crippen LogP contribution in [0.25, 0.3) is 16.7 Å². The average Bonchev–Trinajstić information content (AvgIpc) is 3.59. The van der Waals surface area contributed by atoms with Gasteiger partial charge in [-0.15, -0.1) is 0 Å². The summed E-state index contributed by atoms with van der Waals surface area (Å²) in [6.45, 7) is 2.04. The first-order chi connectivity index (χ1) is 15.7. The highest BCUT2D eigenvalue weighted by Gasteiger charge is 2.39. The second-order valence-electron chi connectivity index (χ2n) is 10.0. The minimum Gasteiger partial charge on any atom is -0.336 e. The number of carbonyl (C=O) groups excluding carboxylic acids is 1. The molecular weight excluding hydrogens is 396 g/mol. The third-order valence-electron chi connectivity index (χ3n) is 8.05. The van der Waals surface area contributed by atoms with Gasteiger partial charge in [0.1, 0.15) is 11.3 Å². The molecule has 0 spiro atoms. The van der Waals surface area contributed by atoms with Gasteiger partial charge in [0.05, 0.1) is 11.7 Å². The molecule has 0 aliphatic heterocycles. The maximum Gasteiger partial charge on any atom is 0.226 e. The van der Waals surface area contributed by atoms with E-state index in [0.717, 1.165) is 35.4 Å². The van der Waals surface area contributed by atoms with Crippen LogP contribution in [-0.4, -0.2) is 37.4 Å². The molecule has 0 radical (unpaired) electrons. The second-order valence-corrected chi connectivity index (χ2v) is 10.0. The zero-order chi connectivity index (χ0) is 21.7. The number of hydrogen-bond donors (Lipinski definition) is 0. The van der Waals surface area contributed by atoms with Gasteiger partial charge >= 0.3 is 0 Å². The predicted molar refractivity (Wildman–Crippen MR) is 126 cm³/mol. The van der Waals surface area contributed by atoms with Crippen LogP contribution < -0.4 is 0 Å². The Hall–Kier alpha value is -2.69. The molecule has 5 nitrogen and oxygen atoms in total. The van der Waals surface area contributed by atoms with Crippen LogP contribution >= 0.6 is 0 Å². The van der Waals surface area contributed by atoms with Crippen LogP contribution in [0.4, 0.5) is 0 Å². The molecule has 166 valence electrons. The molecule has 6 rings (SSSR count). The Morgan fingerprint density at radius 3 is 2.38 bits per heavy atom. The molecule has 1 atom stereocenters. The van der Waals surface area contributed by atoms with Gasteiger partial charge in [-0.25, -0.2) is 4.98 Å². The summed E-state index contributed by atoms with van der Waals surface area (Å²) in [4.78, 5) is 25.1. The van der Waals surface area contributed by atoms with E-state index in [0.29, 0.717) is 18.0 Å². The van der Waals surface area contributed by atoms with Crippen molar-refractivity contribution in [1.29, 1.82) is 0 Å². The molecule has 0 N–H and O–H groups in total. The fourth-order valence-corrected chi connectivity index (χ4v) is 6.53. The molecule has 0 saturated heterocycles. The van der Waals surface area contributed by atoms with Gasteiger partial charge < -0.3 is 4.90 Å². The summed E-state index contributed by atoms with van der Waals surface area (Å²) in [5.74, 6) is 1.50. The van der Waals surface area contributed by atoms with Crippen LogP contribution in [0.2, 0.25) is 0 Å². The lowest BCUT2D eigenvalue weighted by Crippen LogP contribution is -2.48. The first kappa shape index (κ1) is 20.0. The molecule has 2 aromatic heterocycles. The molecule has 3 aliphatic carbocycles. The van der Waals surface area contributed by atoms with Crippen LogP contribution in [0.15, 0.2) is 36.7 Å². The van der Waals surface area contributed by atoms with E-state index in [1.54, 1.807) is 0 Å². The van der Waals surface area contributed by atoms with Gasteiger partial charge in [-0.05, 0) is 74.8 Å². The number of benzene rings is 1. The maximum absolute atomic E-state index is 13.8. The van der Waals surface area contributed by atoms with E-state index >= 15 is 0 Å². The van der Waals surface area contributed by atoms with E-state index in [2.05, 4.69) is 37.6 Å². The van der Waals surface area contributed by atoms with E-state index in [1.165, 1.54) is 62.5 Å². The van der Waals surface area contributed by atoms with Crippen molar-refractivity contribution in [3.05, 3.63) is 53.6 Å². The average molecular weight is 429 g/mol. The summed E-state index contributed by atoms with van der Waals surface area (Å²) >= 11 is 0. The van der Waals surface area contributed by atoms with Crippen LogP contribution in [0.1, 0.15) is 68.3 Å². The first-order valence-electron chi connectivity index (χ1n) is 12.4. The molecule has 5 heteroatoms. The molecule has 32 heavy (non-hydrogen) atoms. The number of imidazole rings is 1. The maximum atomic E-state index is 13.8. The lowest BCUT2D eigenvalue weighted by Gasteiger charge is -2.36. The Morgan fingerprint density at radius 1 is 0.969 bits per heavy atom. The fourth-order valence-electron chi connectivity index (χ4n) is 6.53. The number of amides is 1. The summed E-state index contributed by atoms with van der Waals surface area (Å²) in [7, 11) is 0. The van der Waals surface area contributed by atoms with Gasteiger partial charge in [0, 0.05) is 29.9 Å². The minimum atomic E-state index is 0.103. The molecule has 2 heterocycles. The van der Waals surface area contributed by atoms with Crippen LogP contribution in [0.3, 0.4) is 0 Å². The van der Waals surface area contributed by atoms with Crippen molar-refractivity contribution in [1.82, 2.24) is 19.4 Å². The number of hydrogen-bond acceptors (Lipinski definition) is 3. The van der Waals surface area contributed by atoms with Crippen molar-refractivity contribution >= 4 is 16.9 Å². The highest BCUT2D eigenvalue weighted by molar-refractivity contribution is 5.82. The van der Waals surface area contributed by atoms with E-state index in [4.69, 9.17) is 0 Å². The smallest absolute Gasteiger partial charge is 0.226 e.